The topological polar surface area (TPSA) is 50.3 Å². The van der Waals surface area contributed by atoms with Crippen LogP contribution >= 0.6 is 11.6 Å². The van der Waals surface area contributed by atoms with Crippen LogP contribution in [0.25, 0.3) is 0 Å². The van der Waals surface area contributed by atoms with E-state index < -0.39 is 10.0 Å². The van der Waals surface area contributed by atoms with Crippen LogP contribution in [0, 0.1) is 0 Å². The fourth-order valence-corrected chi connectivity index (χ4v) is 2.36. The molecule has 0 saturated heterocycles. The SMILES string of the molecule is CN(c1ccccn1)S(=O)(=O)CCCl. The molecule has 14 heavy (non-hydrogen) atoms. The number of hydrogen-bond donors (Lipinski definition) is 0. The molecule has 0 fully saturated rings. The fraction of sp³-hybridized carbons (Fsp3) is 0.375. The lowest BCUT2D eigenvalue weighted by molar-refractivity contribution is 0.595. The van der Waals surface area contributed by atoms with Crippen LogP contribution in [0.3, 0.4) is 0 Å². The molecule has 0 radical (unpaired) electrons. The van der Waals surface area contributed by atoms with Gasteiger partial charge in [0, 0.05) is 19.1 Å². The molecule has 0 spiro atoms. The molecule has 0 aliphatic heterocycles. The Morgan fingerprint density at radius 2 is 2.21 bits per heavy atom. The molecule has 0 atom stereocenters. The molecule has 78 valence electrons. The zero-order valence-electron chi connectivity index (χ0n) is 7.72. The van der Waals surface area contributed by atoms with Crippen molar-refractivity contribution < 1.29 is 8.42 Å². The second kappa shape index (κ2) is 4.61. The highest BCUT2D eigenvalue weighted by Crippen LogP contribution is 2.11. The summed E-state index contributed by atoms with van der Waals surface area (Å²) in [6.07, 6.45) is 1.54. The first-order valence-electron chi connectivity index (χ1n) is 4.01. The molecule has 0 unspecified atom stereocenters. The number of hydrogen-bond acceptors (Lipinski definition) is 3. The van der Waals surface area contributed by atoms with Gasteiger partial charge in [0.2, 0.25) is 10.0 Å². The quantitative estimate of drug-likeness (QED) is 0.733. The highest BCUT2D eigenvalue weighted by atomic mass is 35.5. The first kappa shape index (κ1) is 11.3. The molecule has 1 aromatic heterocycles. The molecular formula is C8H11ClN2O2S. The first-order chi connectivity index (χ1) is 6.58. The monoisotopic (exact) mass is 234 g/mol. The normalized spacial score (nSPS) is 11.3. The van der Waals surface area contributed by atoms with Crippen molar-refractivity contribution in [2.75, 3.05) is 23.0 Å². The molecule has 0 aliphatic rings. The average molecular weight is 235 g/mol. The van der Waals surface area contributed by atoms with Gasteiger partial charge in [-0.2, -0.15) is 0 Å². The summed E-state index contributed by atoms with van der Waals surface area (Å²) in [6, 6.07) is 5.09. The van der Waals surface area contributed by atoms with E-state index in [0.717, 1.165) is 4.31 Å². The lowest BCUT2D eigenvalue weighted by Crippen LogP contribution is -2.30. The Bertz CT molecular complexity index is 380. The lowest BCUT2D eigenvalue weighted by Gasteiger charge is -2.17. The largest absolute Gasteiger partial charge is 0.257 e. The summed E-state index contributed by atoms with van der Waals surface area (Å²) in [5.41, 5.74) is 0. The Balaban J connectivity index is 2.91. The summed E-state index contributed by atoms with van der Waals surface area (Å²) in [6.45, 7) is 0. The van der Waals surface area contributed by atoms with Gasteiger partial charge in [0.05, 0.1) is 5.75 Å². The van der Waals surface area contributed by atoms with Gasteiger partial charge in [0.25, 0.3) is 0 Å². The summed E-state index contributed by atoms with van der Waals surface area (Å²) >= 11 is 5.39. The number of aromatic nitrogens is 1. The molecule has 6 heteroatoms. The van der Waals surface area contributed by atoms with Gasteiger partial charge < -0.3 is 0 Å². The number of halogens is 1. The molecule has 0 bridgehead atoms. The summed E-state index contributed by atoms with van der Waals surface area (Å²) in [7, 11) is -1.86. The van der Waals surface area contributed by atoms with E-state index in [1.165, 1.54) is 7.05 Å². The smallest absolute Gasteiger partial charge is 0.237 e. The van der Waals surface area contributed by atoms with Gasteiger partial charge in [-0.1, -0.05) is 6.07 Å². The third-order valence-electron chi connectivity index (χ3n) is 1.72. The van der Waals surface area contributed by atoms with Crippen LogP contribution in [-0.2, 0) is 10.0 Å². The first-order valence-corrected chi connectivity index (χ1v) is 6.16. The summed E-state index contributed by atoms with van der Waals surface area (Å²) < 4.78 is 24.2. The van der Waals surface area contributed by atoms with E-state index >= 15 is 0 Å². The highest BCUT2D eigenvalue weighted by molar-refractivity contribution is 7.92. The van der Waals surface area contributed by atoms with Gasteiger partial charge in [0.1, 0.15) is 5.82 Å². The summed E-state index contributed by atoms with van der Waals surface area (Å²) in [5.74, 6) is 0.402. The fourth-order valence-electron chi connectivity index (χ4n) is 0.917. The Labute approximate surface area is 88.6 Å². The van der Waals surface area contributed by atoms with Crippen molar-refractivity contribution in [3.05, 3.63) is 24.4 Å². The Morgan fingerprint density at radius 3 is 2.71 bits per heavy atom. The van der Waals surface area contributed by atoms with Crippen LogP contribution in [-0.4, -0.2) is 32.1 Å². The van der Waals surface area contributed by atoms with E-state index in [-0.39, 0.29) is 11.6 Å². The van der Waals surface area contributed by atoms with Crippen LogP contribution in [0.4, 0.5) is 5.82 Å². The van der Waals surface area contributed by atoms with Crippen LogP contribution in [0.1, 0.15) is 0 Å². The van der Waals surface area contributed by atoms with Crippen molar-refractivity contribution in [1.82, 2.24) is 4.98 Å². The molecule has 0 N–H and O–H groups in total. The number of alkyl halides is 1. The van der Waals surface area contributed by atoms with E-state index in [0.29, 0.717) is 5.82 Å². The second-order valence-electron chi connectivity index (χ2n) is 2.66. The van der Waals surface area contributed by atoms with Crippen molar-refractivity contribution in [1.29, 1.82) is 0 Å². The van der Waals surface area contributed by atoms with Crippen molar-refractivity contribution in [2.45, 2.75) is 0 Å². The van der Waals surface area contributed by atoms with Crippen molar-refractivity contribution >= 4 is 27.4 Å². The number of nitrogens with zero attached hydrogens (tertiary/aromatic N) is 2. The molecule has 1 rings (SSSR count). The Kier molecular flexibility index (Phi) is 3.71. The average Bonchev–Trinajstić information content (AvgIpc) is 2.18. The Hall–Kier alpha value is -0.810. The van der Waals surface area contributed by atoms with E-state index in [1.807, 2.05) is 0 Å². The zero-order chi connectivity index (χ0) is 10.6. The van der Waals surface area contributed by atoms with Gasteiger partial charge in [0.15, 0.2) is 0 Å². The molecule has 1 aromatic rings. The highest BCUT2D eigenvalue weighted by Gasteiger charge is 2.17. The van der Waals surface area contributed by atoms with Crippen LogP contribution < -0.4 is 4.31 Å². The molecule has 0 saturated carbocycles. The summed E-state index contributed by atoms with van der Waals surface area (Å²) in [5, 5.41) is 0. The molecule has 0 aromatic carbocycles. The minimum atomic E-state index is -3.32. The van der Waals surface area contributed by atoms with Gasteiger partial charge in [-0.3, -0.25) is 4.31 Å². The van der Waals surface area contributed by atoms with E-state index in [4.69, 9.17) is 11.6 Å². The Morgan fingerprint density at radius 1 is 1.50 bits per heavy atom. The van der Waals surface area contributed by atoms with Crippen LogP contribution in [0.15, 0.2) is 24.4 Å². The van der Waals surface area contributed by atoms with Crippen molar-refractivity contribution in [3.8, 4) is 0 Å². The van der Waals surface area contributed by atoms with Gasteiger partial charge in [-0.25, -0.2) is 13.4 Å². The van der Waals surface area contributed by atoms with Gasteiger partial charge in [-0.15, -0.1) is 11.6 Å². The van der Waals surface area contributed by atoms with Crippen molar-refractivity contribution in [3.63, 3.8) is 0 Å². The van der Waals surface area contributed by atoms with Gasteiger partial charge >= 0.3 is 0 Å². The zero-order valence-corrected chi connectivity index (χ0v) is 9.29. The minimum absolute atomic E-state index is 0.0817. The van der Waals surface area contributed by atoms with E-state index in [9.17, 15) is 8.42 Å². The number of anilines is 1. The van der Waals surface area contributed by atoms with Crippen molar-refractivity contribution in [2.24, 2.45) is 0 Å². The standard InChI is InChI=1S/C8H11ClN2O2S/c1-11(14(12,13)7-5-9)8-4-2-3-6-10-8/h2-4,6H,5,7H2,1H3. The van der Waals surface area contributed by atoms with Gasteiger partial charge in [-0.05, 0) is 12.1 Å². The molecule has 4 nitrogen and oxygen atoms in total. The number of sulfonamides is 1. The number of rotatable bonds is 4. The molecule has 1 heterocycles. The van der Waals surface area contributed by atoms with Crippen LogP contribution in [0.2, 0.25) is 0 Å². The van der Waals surface area contributed by atoms with E-state index in [2.05, 4.69) is 4.98 Å². The second-order valence-corrected chi connectivity index (χ2v) is 5.16. The third kappa shape index (κ3) is 2.59. The maximum Gasteiger partial charge on any atom is 0.237 e. The predicted octanol–water partition coefficient (Wildman–Crippen LogP) is 1.09. The minimum Gasteiger partial charge on any atom is -0.257 e. The number of pyridine rings is 1. The van der Waals surface area contributed by atoms with E-state index in [1.54, 1.807) is 24.4 Å². The molecule has 0 aliphatic carbocycles. The summed E-state index contributed by atoms with van der Waals surface area (Å²) in [4.78, 5) is 3.93. The predicted molar refractivity (Wildman–Crippen MR) is 57.1 cm³/mol. The maximum absolute atomic E-state index is 11.5. The molecular weight excluding hydrogens is 224 g/mol. The lowest BCUT2D eigenvalue weighted by atomic mass is 10.5. The third-order valence-corrected chi connectivity index (χ3v) is 3.88. The van der Waals surface area contributed by atoms with Crippen LogP contribution in [0.5, 0.6) is 0 Å². The molecule has 0 amide bonds. The maximum atomic E-state index is 11.5.